The monoisotopic (exact) mass is 385 g/mol. The maximum absolute atomic E-state index is 13.3. The second-order valence-corrected chi connectivity index (χ2v) is 9.16. The highest BCUT2D eigenvalue weighted by molar-refractivity contribution is 8.01. The van der Waals surface area contributed by atoms with Crippen LogP contribution in [0.1, 0.15) is 29.2 Å². The van der Waals surface area contributed by atoms with Gasteiger partial charge in [0, 0.05) is 23.9 Å². The van der Waals surface area contributed by atoms with Gasteiger partial charge in [-0.3, -0.25) is 4.68 Å². The van der Waals surface area contributed by atoms with Crippen LogP contribution in [0.5, 0.6) is 0 Å². The number of sulfonamides is 1. The third-order valence-corrected chi connectivity index (χ3v) is 7.95. The summed E-state index contributed by atoms with van der Waals surface area (Å²) >= 11 is 7.58. The van der Waals surface area contributed by atoms with Crippen LogP contribution < -0.4 is 0 Å². The first-order valence-electron chi connectivity index (χ1n) is 7.79. The summed E-state index contributed by atoms with van der Waals surface area (Å²) < 4.78 is 29.9. The molecule has 1 aliphatic heterocycles. The Labute approximate surface area is 152 Å². The summed E-state index contributed by atoms with van der Waals surface area (Å²) in [5.74, 6) is 0.770. The van der Waals surface area contributed by atoms with Gasteiger partial charge in [-0.25, -0.2) is 8.42 Å². The zero-order chi connectivity index (χ0) is 17.5. The lowest BCUT2D eigenvalue weighted by Crippen LogP contribution is -2.31. The van der Waals surface area contributed by atoms with E-state index in [9.17, 15) is 8.42 Å². The number of hydrogen-bond donors (Lipinski definition) is 0. The van der Waals surface area contributed by atoms with Gasteiger partial charge in [0.1, 0.15) is 4.90 Å². The predicted octanol–water partition coefficient (Wildman–Crippen LogP) is 3.61. The highest BCUT2D eigenvalue weighted by atomic mass is 35.5. The van der Waals surface area contributed by atoms with Gasteiger partial charge in [-0.1, -0.05) is 23.7 Å². The molecule has 1 unspecified atom stereocenters. The quantitative estimate of drug-likeness (QED) is 0.806. The molecule has 0 spiro atoms. The van der Waals surface area contributed by atoms with Crippen molar-refractivity contribution in [2.45, 2.75) is 37.6 Å². The van der Waals surface area contributed by atoms with Gasteiger partial charge in [0.25, 0.3) is 0 Å². The van der Waals surface area contributed by atoms with Crippen LogP contribution >= 0.6 is 23.4 Å². The Kier molecular flexibility index (Phi) is 4.97. The molecule has 1 fully saturated rings. The minimum atomic E-state index is -3.60. The number of hydrogen-bond acceptors (Lipinski definition) is 4. The smallest absolute Gasteiger partial charge is 0.248 e. The van der Waals surface area contributed by atoms with E-state index in [1.165, 1.54) is 0 Å². The first kappa shape index (κ1) is 17.8. The molecule has 0 bridgehead atoms. The van der Waals surface area contributed by atoms with Crippen molar-refractivity contribution in [3.63, 3.8) is 0 Å². The Morgan fingerprint density at radius 1 is 1.29 bits per heavy atom. The fraction of sp³-hybridized carbons (Fsp3) is 0.438. The molecule has 1 saturated heterocycles. The second-order valence-electron chi connectivity index (χ2n) is 5.71. The van der Waals surface area contributed by atoms with Crippen molar-refractivity contribution in [2.75, 3.05) is 12.3 Å². The summed E-state index contributed by atoms with van der Waals surface area (Å²) in [4.78, 5) is 0.339. The zero-order valence-electron chi connectivity index (χ0n) is 13.9. The molecular weight excluding hydrogens is 366 g/mol. The number of nitrogens with zero attached hydrogens (tertiary/aromatic N) is 3. The fourth-order valence-corrected chi connectivity index (χ4v) is 6.81. The van der Waals surface area contributed by atoms with Crippen molar-refractivity contribution in [1.29, 1.82) is 0 Å². The lowest BCUT2D eigenvalue weighted by molar-refractivity contribution is 0.433. The number of halogens is 1. The summed E-state index contributed by atoms with van der Waals surface area (Å²) in [5.41, 5.74) is 2.20. The van der Waals surface area contributed by atoms with Crippen LogP contribution in [0.3, 0.4) is 0 Å². The molecule has 5 nitrogen and oxygen atoms in total. The maximum Gasteiger partial charge on any atom is 0.248 e. The summed E-state index contributed by atoms with van der Waals surface area (Å²) in [7, 11) is -3.60. The first-order valence-corrected chi connectivity index (χ1v) is 10.7. The Morgan fingerprint density at radius 3 is 2.54 bits per heavy atom. The van der Waals surface area contributed by atoms with Crippen molar-refractivity contribution in [3.05, 3.63) is 46.2 Å². The fourth-order valence-electron chi connectivity index (χ4n) is 3.07. The summed E-state index contributed by atoms with van der Waals surface area (Å²) in [6.45, 7) is 6.68. The van der Waals surface area contributed by atoms with Crippen molar-refractivity contribution >= 4 is 33.4 Å². The lowest BCUT2D eigenvalue weighted by atomic mass is 10.2. The molecule has 2 aromatic rings. The number of benzene rings is 1. The Hall–Kier alpha value is -1.02. The van der Waals surface area contributed by atoms with Crippen molar-refractivity contribution in [2.24, 2.45) is 0 Å². The van der Waals surface area contributed by atoms with Gasteiger partial charge in [-0.15, -0.1) is 11.8 Å². The van der Waals surface area contributed by atoms with Crippen LogP contribution in [0.15, 0.2) is 29.2 Å². The molecule has 1 aromatic carbocycles. The summed E-state index contributed by atoms with van der Waals surface area (Å²) in [6.07, 6.45) is 0. The molecule has 3 rings (SSSR count). The average molecular weight is 386 g/mol. The van der Waals surface area contributed by atoms with Crippen molar-refractivity contribution in [3.8, 4) is 0 Å². The van der Waals surface area contributed by atoms with E-state index in [-0.39, 0.29) is 5.37 Å². The molecule has 1 atom stereocenters. The molecule has 0 saturated carbocycles. The van der Waals surface area contributed by atoms with E-state index in [0.717, 1.165) is 11.3 Å². The number of thioether (sulfide) groups is 1. The Bertz CT molecular complexity index is 847. The predicted molar refractivity (Wildman–Crippen MR) is 97.9 cm³/mol. The Morgan fingerprint density at radius 2 is 1.96 bits per heavy atom. The largest absolute Gasteiger partial charge is 0.268 e. The topological polar surface area (TPSA) is 55.2 Å². The second kappa shape index (κ2) is 6.71. The SMILES string of the molecule is CCn1nc(C)c(S(=O)(=O)N2CCSC2c2ccc(Cl)cc2)c1C. The third kappa shape index (κ3) is 2.98. The molecule has 2 heterocycles. The van der Waals surface area contributed by atoms with Gasteiger partial charge in [0.05, 0.1) is 16.8 Å². The summed E-state index contributed by atoms with van der Waals surface area (Å²) in [5, 5.41) is 4.78. The minimum Gasteiger partial charge on any atom is -0.268 e. The zero-order valence-corrected chi connectivity index (χ0v) is 16.2. The van der Waals surface area contributed by atoms with Crippen LogP contribution in [0.4, 0.5) is 0 Å². The number of rotatable bonds is 4. The normalized spacial score (nSPS) is 19.1. The maximum atomic E-state index is 13.3. The van der Waals surface area contributed by atoms with Gasteiger partial charge in [0.15, 0.2) is 0 Å². The van der Waals surface area contributed by atoms with Crippen molar-refractivity contribution < 1.29 is 8.42 Å². The van der Waals surface area contributed by atoms with Crippen LogP contribution in [-0.2, 0) is 16.6 Å². The van der Waals surface area contributed by atoms with E-state index >= 15 is 0 Å². The highest BCUT2D eigenvalue weighted by Crippen LogP contribution is 2.42. The molecule has 0 radical (unpaired) electrons. The lowest BCUT2D eigenvalue weighted by Gasteiger charge is -2.23. The first-order chi connectivity index (χ1) is 11.4. The van der Waals surface area contributed by atoms with Gasteiger partial charge in [-0.2, -0.15) is 9.40 Å². The molecule has 0 N–H and O–H groups in total. The number of aryl methyl sites for hydroxylation is 2. The molecule has 0 amide bonds. The van der Waals surface area contributed by atoms with Gasteiger partial charge < -0.3 is 0 Å². The standard InChI is InChI=1S/C16H20ClN3O2S2/c1-4-19-12(3)15(11(2)18-19)24(21,22)20-9-10-23-16(20)13-5-7-14(17)8-6-13/h5-8,16H,4,9-10H2,1-3H3. The molecule has 1 aliphatic rings. The Balaban J connectivity index is 2.03. The van der Waals surface area contributed by atoms with E-state index in [1.54, 1.807) is 39.8 Å². The van der Waals surface area contributed by atoms with Crippen LogP contribution in [0.25, 0.3) is 0 Å². The van der Waals surface area contributed by atoms with Crippen molar-refractivity contribution in [1.82, 2.24) is 14.1 Å². The van der Waals surface area contributed by atoms with E-state index in [1.807, 2.05) is 26.0 Å². The van der Waals surface area contributed by atoms with E-state index in [0.29, 0.717) is 34.4 Å². The summed E-state index contributed by atoms with van der Waals surface area (Å²) in [6, 6.07) is 7.38. The van der Waals surface area contributed by atoms with E-state index < -0.39 is 10.0 Å². The van der Waals surface area contributed by atoms with E-state index in [4.69, 9.17) is 11.6 Å². The van der Waals surface area contributed by atoms with E-state index in [2.05, 4.69) is 5.10 Å². The van der Waals surface area contributed by atoms with Gasteiger partial charge in [-0.05, 0) is 38.5 Å². The molecule has 130 valence electrons. The molecule has 24 heavy (non-hydrogen) atoms. The van der Waals surface area contributed by atoms with Crippen LogP contribution in [-0.4, -0.2) is 34.8 Å². The molecular formula is C16H20ClN3O2S2. The van der Waals surface area contributed by atoms with Crippen LogP contribution in [0, 0.1) is 13.8 Å². The molecule has 1 aromatic heterocycles. The minimum absolute atomic E-state index is 0.226. The molecule has 8 heteroatoms. The third-order valence-electron chi connectivity index (χ3n) is 4.19. The highest BCUT2D eigenvalue weighted by Gasteiger charge is 2.39. The number of aromatic nitrogens is 2. The van der Waals surface area contributed by atoms with Gasteiger partial charge >= 0.3 is 0 Å². The van der Waals surface area contributed by atoms with Crippen LogP contribution in [0.2, 0.25) is 5.02 Å². The van der Waals surface area contributed by atoms with Gasteiger partial charge in [0.2, 0.25) is 10.0 Å². The average Bonchev–Trinajstić information content (AvgIpc) is 3.13. The molecule has 0 aliphatic carbocycles.